The van der Waals surface area contributed by atoms with Gasteiger partial charge in [0.05, 0.1) is 0 Å². The molecule has 1 aliphatic rings. The standard InChI is InChI=1S/C9H17NO2/c1-2-7-4-3-5-9(10,6-7)8(11)12/h7H,2-6,10H2,1H3,(H,11,12). The molecule has 0 radical (unpaired) electrons. The van der Waals surface area contributed by atoms with E-state index in [-0.39, 0.29) is 0 Å². The third-order valence-electron chi connectivity index (χ3n) is 2.89. The number of carbonyl (C=O) groups is 1. The van der Waals surface area contributed by atoms with Crippen LogP contribution in [0.3, 0.4) is 0 Å². The lowest BCUT2D eigenvalue weighted by Gasteiger charge is -2.33. The summed E-state index contributed by atoms with van der Waals surface area (Å²) in [6.07, 6.45) is 4.44. The van der Waals surface area contributed by atoms with Gasteiger partial charge in [-0.05, 0) is 18.8 Å². The predicted molar refractivity (Wildman–Crippen MR) is 46.8 cm³/mol. The van der Waals surface area contributed by atoms with Gasteiger partial charge in [0.2, 0.25) is 0 Å². The van der Waals surface area contributed by atoms with Gasteiger partial charge in [-0.1, -0.05) is 26.2 Å². The van der Waals surface area contributed by atoms with E-state index in [0.717, 1.165) is 19.3 Å². The van der Waals surface area contributed by atoms with Crippen LogP contribution >= 0.6 is 0 Å². The highest BCUT2D eigenvalue weighted by Gasteiger charge is 2.38. The van der Waals surface area contributed by atoms with Crippen LogP contribution in [0.1, 0.15) is 39.0 Å². The van der Waals surface area contributed by atoms with Crippen molar-refractivity contribution in [3.63, 3.8) is 0 Å². The van der Waals surface area contributed by atoms with Crippen LogP contribution in [-0.4, -0.2) is 16.6 Å². The molecule has 1 aliphatic carbocycles. The second-order valence-electron chi connectivity index (χ2n) is 3.83. The Hall–Kier alpha value is -0.570. The van der Waals surface area contributed by atoms with E-state index in [0.29, 0.717) is 18.8 Å². The second kappa shape index (κ2) is 3.44. The van der Waals surface area contributed by atoms with Gasteiger partial charge in [0.25, 0.3) is 0 Å². The highest BCUT2D eigenvalue weighted by molar-refractivity contribution is 5.78. The molecule has 1 rings (SSSR count). The molecule has 1 fully saturated rings. The Morgan fingerprint density at radius 3 is 2.92 bits per heavy atom. The molecule has 12 heavy (non-hydrogen) atoms. The molecule has 0 aromatic heterocycles. The van der Waals surface area contributed by atoms with Gasteiger partial charge < -0.3 is 10.8 Å². The van der Waals surface area contributed by atoms with Crippen LogP contribution in [0.25, 0.3) is 0 Å². The first-order valence-electron chi connectivity index (χ1n) is 4.61. The summed E-state index contributed by atoms with van der Waals surface area (Å²) in [5.41, 5.74) is 4.84. The minimum absolute atomic E-state index is 0.514. The molecule has 70 valence electrons. The molecule has 3 nitrogen and oxygen atoms in total. The average Bonchev–Trinajstić information content (AvgIpc) is 2.04. The monoisotopic (exact) mass is 171 g/mol. The van der Waals surface area contributed by atoms with E-state index in [1.807, 2.05) is 0 Å². The lowest BCUT2D eigenvalue weighted by molar-refractivity contribution is -0.145. The molecule has 3 N–H and O–H groups in total. The molecular formula is C9H17NO2. The summed E-state index contributed by atoms with van der Waals surface area (Å²) in [6.45, 7) is 2.10. The van der Waals surface area contributed by atoms with Crippen molar-refractivity contribution in [3.05, 3.63) is 0 Å². The maximum Gasteiger partial charge on any atom is 0.323 e. The van der Waals surface area contributed by atoms with E-state index in [2.05, 4.69) is 6.92 Å². The number of hydrogen-bond donors (Lipinski definition) is 2. The molecule has 0 aromatic rings. The molecule has 0 saturated heterocycles. The highest BCUT2D eigenvalue weighted by atomic mass is 16.4. The van der Waals surface area contributed by atoms with E-state index < -0.39 is 11.5 Å². The van der Waals surface area contributed by atoms with Crippen LogP contribution in [0.2, 0.25) is 0 Å². The van der Waals surface area contributed by atoms with Crippen LogP contribution in [0.4, 0.5) is 0 Å². The number of aliphatic carboxylic acids is 1. The predicted octanol–water partition coefficient (Wildman–Crippen LogP) is 1.37. The largest absolute Gasteiger partial charge is 0.480 e. The molecule has 0 aromatic carbocycles. The number of carboxylic acids is 1. The maximum absolute atomic E-state index is 10.8. The lowest BCUT2D eigenvalue weighted by atomic mass is 9.75. The van der Waals surface area contributed by atoms with Gasteiger partial charge in [0.15, 0.2) is 0 Å². The first kappa shape index (κ1) is 9.52. The first-order chi connectivity index (χ1) is 5.58. The summed E-state index contributed by atoms with van der Waals surface area (Å²) in [5.74, 6) is -0.319. The molecule has 0 spiro atoms. The quantitative estimate of drug-likeness (QED) is 0.659. The molecular weight excluding hydrogens is 154 g/mol. The topological polar surface area (TPSA) is 63.3 Å². The molecule has 1 saturated carbocycles. The average molecular weight is 171 g/mol. The number of hydrogen-bond acceptors (Lipinski definition) is 2. The number of carboxylic acid groups (broad SMARTS) is 1. The van der Waals surface area contributed by atoms with Crippen molar-refractivity contribution >= 4 is 5.97 Å². The Morgan fingerprint density at radius 2 is 2.42 bits per heavy atom. The number of rotatable bonds is 2. The van der Waals surface area contributed by atoms with E-state index in [1.54, 1.807) is 0 Å². The van der Waals surface area contributed by atoms with Crippen LogP contribution in [0.5, 0.6) is 0 Å². The van der Waals surface area contributed by atoms with Crippen molar-refractivity contribution in [2.24, 2.45) is 11.7 Å². The summed E-state index contributed by atoms with van der Waals surface area (Å²) in [4.78, 5) is 10.8. The Labute approximate surface area is 72.9 Å². The van der Waals surface area contributed by atoms with E-state index in [9.17, 15) is 4.79 Å². The van der Waals surface area contributed by atoms with Gasteiger partial charge in [-0.3, -0.25) is 4.79 Å². The van der Waals surface area contributed by atoms with Crippen LogP contribution in [0.15, 0.2) is 0 Å². The molecule has 0 bridgehead atoms. The summed E-state index contributed by atoms with van der Waals surface area (Å²) in [6, 6.07) is 0. The summed E-state index contributed by atoms with van der Waals surface area (Å²) in [5, 5.41) is 8.89. The van der Waals surface area contributed by atoms with Gasteiger partial charge in [-0.2, -0.15) is 0 Å². The van der Waals surface area contributed by atoms with Crippen molar-refractivity contribution < 1.29 is 9.90 Å². The molecule has 0 amide bonds. The van der Waals surface area contributed by atoms with Crippen molar-refractivity contribution in [1.29, 1.82) is 0 Å². The second-order valence-corrected chi connectivity index (χ2v) is 3.83. The molecule has 2 unspecified atom stereocenters. The first-order valence-corrected chi connectivity index (χ1v) is 4.61. The van der Waals surface area contributed by atoms with E-state index >= 15 is 0 Å². The number of nitrogens with two attached hydrogens (primary N) is 1. The van der Waals surface area contributed by atoms with Gasteiger partial charge in [-0.25, -0.2) is 0 Å². The third-order valence-corrected chi connectivity index (χ3v) is 2.89. The van der Waals surface area contributed by atoms with Crippen LogP contribution in [-0.2, 0) is 4.79 Å². The van der Waals surface area contributed by atoms with Crippen molar-refractivity contribution in [3.8, 4) is 0 Å². The van der Waals surface area contributed by atoms with Crippen molar-refractivity contribution in [2.75, 3.05) is 0 Å². The fourth-order valence-corrected chi connectivity index (χ4v) is 1.97. The summed E-state index contributed by atoms with van der Waals surface area (Å²) >= 11 is 0. The Morgan fingerprint density at radius 1 is 1.75 bits per heavy atom. The van der Waals surface area contributed by atoms with Gasteiger partial charge in [0, 0.05) is 0 Å². The van der Waals surface area contributed by atoms with Gasteiger partial charge >= 0.3 is 5.97 Å². The van der Waals surface area contributed by atoms with Crippen molar-refractivity contribution in [2.45, 2.75) is 44.6 Å². The van der Waals surface area contributed by atoms with Crippen molar-refractivity contribution in [1.82, 2.24) is 0 Å². The fraction of sp³-hybridized carbons (Fsp3) is 0.889. The Kier molecular flexibility index (Phi) is 2.73. The van der Waals surface area contributed by atoms with Crippen LogP contribution in [0, 0.1) is 5.92 Å². The molecule has 0 heterocycles. The summed E-state index contributed by atoms with van der Waals surface area (Å²) in [7, 11) is 0. The van der Waals surface area contributed by atoms with Gasteiger partial charge in [-0.15, -0.1) is 0 Å². The molecule has 0 aliphatic heterocycles. The normalized spacial score (nSPS) is 36.3. The molecule has 2 atom stereocenters. The SMILES string of the molecule is CCC1CCCC(N)(C(=O)O)C1. The van der Waals surface area contributed by atoms with Crippen LogP contribution < -0.4 is 5.73 Å². The highest BCUT2D eigenvalue weighted by Crippen LogP contribution is 2.32. The minimum atomic E-state index is -0.932. The Balaban J connectivity index is 2.61. The zero-order chi connectivity index (χ0) is 9.19. The molecule has 3 heteroatoms. The Bertz CT molecular complexity index is 181. The summed E-state index contributed by atoms with van der Waals surface area (Å²) < 4.78 is 0. The third kappa shape index (κ3) is 1.78. The maximum atomic E-state index is 10.8. The fourth-order valence-electron chi connectivity index (χ4n) is 1.97. The smallest absolute Gasteiger partial charge is 0.323 e. The van der Waals surface area contributed by atoms with Gasteiger partial charge in [0.1, 0.15) is 5.54 Å². The lowest BCUT2D eigenvalue weighted by Crippen LogP contribution is -2.51. The zero-order valence-corrected chi connectivity index (χ0v) is 7.55. The van der Waals surface area contributed by atoms with E-state index in [4.69, 9.17) is 10.8 Å². The zero-order valence-electron chi connectivity index (χ0n) is 7.55. The minimum Gasteiger partial charge on any atom is -0.480 e. The van der Waals surface area contributed by atoms with E-state index in [1.165, 1.54) is 0 Å².